The van der Waals surface area contributed by atoms with Crippen LogP contribution in [0.5, 0.6) is 0 Å². The van der Waals surface area contributed by atoms with Crippen LogP contribution in [0.15, 0.2) is 64.7 Å². The number of rotatable bonds is 5. The predicted octanol–water partition coefficient (Wildman–Crippen LogP) is 5.20. The molecule has 0 saturated carbocycles. The Balaban J connectivity index is 1.84. The van der Waals surface area contributed by atoms with Crippen molar-refractivity contribution in [2.45, 2.75) is 6.54 Å². The molecular weight excluding hydrogens is 329 g/mol. The van der Waals surface area contributed by atoms with E-state index in [1.54, 1.807) is 51.9 Å². The number of nitrogens with zero attached hydrogens (tertiary/aromatic N) is 1. The molecule has 0 radical (unpaired) electrons. The van der Waals surface area contributed by atoms with E-state index in [-0.39, 0.29) is 11.7 Å². The molecule has 0 spiro atoms. The zero-order valence-corrected chi connectivity index (χ0v) is 13.8. The first-order valence-corrected chi connectivity index (χ1v) is 8.84. The maximum Gasteiger partial charge on any atom is 0.251 e. The molecule has 23 heavy (non-hydrogen) atoms. The van der Waals surface area contributed by atoms with Crippen molar-refractivity contribution < 1.29 is 9.18 Å². The van der Waals surface area contributed by atoms with E-state index in [0.29, 0.717) is 12.2 Å². The summed E-state index contributed by atoms with van der Waals surface area (Å²) >= 11 is 3.18. The van der Waals surface area contributed by atoms with Crippen LogP contribution < -0.4 is 4.90 Å². The van der Waals surface area contributed by atoms with E-state index in [4.69, 9.17) is 0 Å². The monoisotopic (exact) mass is 343 g/mol. The number of benzene rings is 1. The zero-order chi connectivity index (χ0) is 16.1. The molecule has 2 aromatic heterocycles. The summed E-state index contributed by atoms with van der Waals surface area (Å²) < 4.78 is 13.1. The molecule has 0 fully saturated rings. The molecule has 0 bridgehead atoms. The summed E-state index contributed by atoms with van der Waals surface area (Å²) in [7, 11) is 0. The molecule has 0 aliphatic rings. The summed E-state index contributed by atoms with van der Waals surface area (Å²) in [5.74, 6) is -0.442. The molecule has 0 unspecified atom stereocenters. The number of thiophene rings is 2. The average Bonchev–Trinajstić information content (AvgIpc) is 3.25. The van der Waals surface area contributed by atoms with Gasteiger partial charge >= 0.3 is 0 Å². The van der Waals surface area contributed by atoms with Gasteiger partial charge in [-0.2, -0.15) is 11.3 Å². The van der Waals surface area contributed by atoms with Gasteiger partial charge in [-0.25, -0.2) is 4.39 Å². The van der Waals surface area contributed by atoms with E-state index in [2.05, 4.69) is 0 Å². The Morgan fingerprint density at radius 2 is 1.96 bits per heavy atom. The molecule has 0 N–H and O–H groups in total. The van der Waals surface area contributed by atoms with Crippen LogP contribution in [0.1, 0.15) is 10.4 Å². The molecule has 2 nitrogen and oxygen atoms in total. The number of carbonyl (C=O) groups excluding carboxylic acids is 1. The number of hydrogen-bond donors (Lipinski definition) is 0. The smallest absolute Gasteiger partial charge is 0.251 e. The van der Waals surface area contributed by atoms with Gasteiger partial charge in [0, 0.05) is 16.6 Å². The summed E-state index contributed by atoms with van der Waals surface area (Å²) in [5.41, 5.74) is 1.68. The third kappa shape index (κ3) is 4.15. The first kappa shape index (κ1) is 15.6. The van der Waals surface area contributed by atoms with Crippen LogP contribution in [0.3, 0.4) is 0 Å². The number of carbonyl (C=O) groups is 1. The van der Waals surface area contributed by atoms with Crippen molar-refractivity contribution in [3.8, 4) is 0 Å². The highest BCUT2D eigenvalue weighted by Gasteiger charge is 2.14. The topological polar surface area (TPSA) is 20.3 Å². The molecular formula is C18H14FNOS2. The second kappa shape index (κ2) is 7.35. The van der Waals surface area contributed by atoms with Gasteiger partial charge in [0.25, 0.3) is 5.91 Å². The van der Waals surface area contributed by atoms with Crippen LogP contribution in [0.4, 0.5) is 10.1 Å². The molecule has 3 aromatic rings. The van der Waals surface area contributed by atoms with Gasteiger partial charge < -0.3 is 4.90 Å². The van der Waals surface area contributed by atoms with Crippen LogP contribution in [0, 0.1) is 5.82 Å². The molecule has 5 heteroatoms. The number of halogens is 1. The lowest BCUT2D eigenvalue weighted by Gasteiger charge is -2.20. The van der Waals surface area contributed by atoms with Gasteiger partial charge in [0.05, 0.1) is 6.54 Å². The Morgan fingerprint density at radius 1 is 1.13 bits per heavy atom. The van der Waals surface area contributed by atoms with Crippen molar-refractivity contribution in [1.29, 1.82) is 0 Å². The molecule has 0 saturated heterocycles. The Bertz CT molecular complexity index is 777. The lowest BCUT2D eigenvalue weighted by molar-refractivity contribution is -0.114. The summed E-state index contributed by atoms with van der Waals surface area (Å²) in [4.78, 5) is 15.3. The van der Waals surface area contributed by atoms with Gasteiger partial charge in [-0.1, -0.05) is 6.07 Å². The van der Waals surface area contributed by atoms with E-state index in [1.165, 1.54) is 12.1 Å². The number of amides is 1. The highest BCUT2D eigenvalue weighted by Crippen LogP contribution is 2.21. The van der Waals surface area contributed by atoms with Crippen LogP contribution in [0.25, 0.3) is 6.08 Å². The van der Waals surface area contributed by atoms with E-state index in [9.17, 15) is 9.18 Å². The number of hydrogen-bond acceptors (Lipinski definition) is 3. The molecule has 3 rings (SSSR count). The second-order valence-electron chi connectivity index (χ2n) is 4.87. The Labute approximate surface area is 142 Å². The molecule has 1 amide bonds. The Kier molecular flexibility index (Phi) is 5.00. The van der Waals surface area contributed by atoms with Crippen LogP contribution in [0.2, 0.25) is 0 Å². The normalized spacial score (nSPS) is 11.0. The predicted molar refractivity (Wildman–Crippen MR) is 95.3 cm³/mol. The fraction of sp³-hybridized carbons (Fsp3) is 0.0556. The van der Waals surface area contributed by atoms with Crippen LogP contribution in [-0.4, -0.2) is 5.91 Å². The molecule has 2 heterocycles. The molecule has 0 aliphatic heterocycles. The minimum atomic E-state index is -0.314. The largest absolute Gasteiger partial charge is 0.304 e. The fourth-order valence-electron chi connectivity index (χ4n) is 2.10. The average molecular weight is 343 g/mol. The molecule has 116 valence electrons. The van der Waals surface area contributed by atoms with Crippen molar-refractivity contribution in [2.75, 3.05) is 4.90 Å². The second-order valence-corrected chi connectivity index (χ2v) is 6.68. The van der Waals surface area contributed by atoms with Gasteiger partial charge in [-0.3, -0.25) is 4.79 Å². The van der Waals surface area contributed by atoms with E-state index >= 15 is 0 Å². The molecule has 0 aliphatic carbocycles. The highest BCUT2D eigenvalue weighted by molar-refractivity contribution is 7.09. The van der Waals surface area contributed by atoms with Crippen molar-refractivity contribution in [1.82, 2.24) is 0 Å². The summed E-state index contributed by atoms with van der Waals surface area (Å²) in [6, 6.07) is 11.9. The third-order valence-electron chi connectivity index (χ3n) is 3.26. The minimum Gasteiger partial charge on any atom is -0.304 e. The quantitative estimate of drug-likeness (QED) is 0.583. The van der Waals surface area contributed by atoms with Crippen molar-refractivity contribution >= 4 is 40.3 Å². The van der Waals surface area contributed by atoms with Gasteiger partial charge in [-0.05, 0) is 64.2 Å². The summed E-state index contributed by atoms with van der Waals surface area (Å²) in [5, 5.41) is 5.92. The number of anilines is 1. The molecule has 1 aromatic carbocycles. The first-order chi connectivity index (χ1) is 11.2. The maximum absolute atomic E-state index is 13.1. The minimum absolute atomic E-state index is 0.129. The van der Waals surface area contributed by atoms with E-state index in [0.717, 1.165) is 10.4 Å². The SMILES string of the molecule is O=C(/C=C/c1ccsc1)N(Cc1cccs1)c1ccc(F)cc1. The third-order valence-corrected chi connectivity index (χ3v) is 4.82. The standard InChI is InChI=1S/C18H14FNOS2/c19-15-4-6-16(7-5-15)20(12-17-2-1-10-23-17)18(21)8-3-14-9-11-22-13-14/h1-11,13H,12H2/b8-3+. The van der Waals surface area contributed by atoms with Gasteiger partial charge in [0.1, 0.15) is 5.82 Å². The molecule has 0 atom stereocenters. The fourth-order valence-corrected chi connectivity index (χ4v) is 3.42. The Hall–Kier alpha value is -2.24. The summed E-state index contributed by atoms with van der Waals surface area (Å²) in [6.45, 7) is 0.468. The lowest BCUT2D eigenvalue weighted by Crippen LogP contribution is -2.28. The van der Waals surface area contributed by atoms with Crippen molar-refractivity contribution in [3.63, 3.8) is 0 Å². The van der Waals surface area contributed by atoms with Gasteiger partial charge in [0.2, 0.25) is 0 Å². The van der Waals surface area contributed by atoms with Crippen LogP contribution in [-0.2, 0) is 11.3 Å². The summed E-state index contributed by atoms with van der Waals surface area (Å²) in [6.07, 6.45) is 3.35. The lowest BCUT2D eigenvalue weighted by atomic mass is 10.2. The van der Waals surface area contributed by atoms with Crippen molar-refractivity contribution in [3.05, 3.63) is 80.9 Å². The zero-order valence-electron chi connectivity index (χ0n) is 12.2. The van der Waals surface area contributed by atoms with Crippen molar-refractivity contribution in [2.24, 2.45) is 0 Å². The van der Waals surface area contributed by atoms with E-state index < -0.39 is 0 Å². The highest BCUT2D eigenvalue weighted by atomic mass is 32.1. The Morgan fingerprint density at radius 3 is 2.61 bits per heavy atom. The van der Waals surface area contributed by atoms with Gasteiger partial charge in [-0.15, -0.1) is 11.3 Å². The first-order valence-electron chi connectivity index (χ1n) is 7.02. The van der Waals surface area contributed by atoms with Gasteiger partial charge in [0.15, 0.2) is 0 Å². The van der Waals surface area contributed by atoms with Crippen LogP contribution >= 0.6 is 22.7 Å². The van der Waals surface area contributed by atoms with E-state index in [1.807, 2.05) is 34.3 Å². The maximum atomic E-state index is 13.1.